The molecule has 256 valence electrons. The summed E-state index contributed by atoms with van der Waals surface area (Å²) in [5, 5.41) is 6.01. The molecule has 0 saturated heterocycles. The molecule has 3 heterocycles. The number of hydrogen-bond donors (Lipinski definition) is 0. The van der Waals surface area contributed by atoms with E-state index in [9.17, 15) is 26.3 Å². The molecule has 0 radical (unpaired) electrons. The van der Waals surface area contributed by atoms with Gasteiger partial charge in [-0.1, -0.05) is 50.6 Å². The third-order valence-electron chi connectivity index (χ3n) is 8.16. The Hall–Kier alpha value is -4.89. The molecule has 5 nitrogen and oxygen atoms in total. The van der Waals surface area contributed by atoms with Crippen LogP contribution in [0.4, 0.5) is 26.3 Å². The van der Waals surface area contributed by atoms with Crippen LogP contribution in [0.3, 0.4) is 0 Å². The maximum Gasteiger partial charge on any atom is 2.00 e. The Morgan fingerprint density at radius 2 is 1.40 bits per heavy atom. The molecule has 4 aromatic carbocycles. The van der Waals surface area contributed by atoms with Gasteiger partial charge >= 0.3 is 33.4 Å². The molecule has 0 spiro atoms. The van der Waals surface area contributed by atoms with Crippen LogP contribution in [0, 0.1) is 12.1 Å². The fraction of sp³-hybridized carbons (Fsp3) is 0.158. The van der Waals surface area contributed by atoms with Crippen LogP contribution < -0.4 is 4.74 Å². The van der Waals surface area contributed by atoms with Crippen molar-refractivity contribution in [1.82, 2.24) is 19.3 Å². The van der Waals surface area contributed by atoms with Crippen molar-refractivity contribution in [3.05, 3.63) is 132 Å². The van der Waals surface area contributed by atoms with Crippen molar-refractivity contribution in [3.8, 4) is 34.1 Å². The number of halogens is 6. The Morgan fingerprint density at radius 3 is 2.10 bits per heavy atom. The molecule has 0 bridgehead atoms. The Kier molecular flexibility index (Phi) is 8.93. The van der Waals surface area contributed by atoms with E-state index in [-0.39, 0.29) is 43.5 Å². The maximum atomic E-state index is 13.8. The van der Waals surface area contributed by atoms with Gasteiger partial charge in [0.25, 0.3) is 0 Å². The molecule has 0 aliphatic heterocycles. The summed E-state index contributed by atoms with van der Waals surface area (Å²) in [6.07, 6.45) is -6.19. The summed E-state index contributed by atoms with van der Waals surface area (Å²) < 4.78 is 92.2. The van der Waals surface area contributed by atoms with E-state index >= 15 is 0 Å². The van der Waals surface area contributed by atoms with Gasteiger partial charge in [-0.25, -0.2) is 4.98 Å². The number of ether oxygens (including phenoxy) is 1. The number of pyridine rings is 1. The summed E-state index contributed by atoms with van der Waals surface area (Å²) in [7, 11) is 0. The van der Waals surface area contributed by atoms with Crippen molar-refractivity contribution in [3.63, 3.8) is 0 Å². The molecular formula is C38H26F6N4OPt. The van der Waals surface area contributed by atoms with Gasteiger partial charge in [-0.3, -0.25) is 4.68 Å². The van der Waals surface area contributed by atoms with Gasteiger partial charge in [-0.15, -0.1) is 35.7 Å². The van der Waals surface area contributed by atoms with E-state index in [0.717, 1.165) is 56.3 Å². The van der Waals surface area contributed by atoms with Crippen LogP contribution in [0.15, 0.2) is 104 Å². The molecule has 0 saturated carbocycles. The molecule has 7 rings (SSSR count). The molecule has 0 atom stereocenters. The molecule has 0 N–H and O–H groups in total. The van der Waals surface area contributed by atoms with Gasteiger partial charge in [0.2, 0.25) is 0 Å². The zero-order chi connectivity index (χ0) is 34.7. The number of nitrogens with zero attached hydrogens (tertiary/aromatic N) is 4. The number of alkyl halides is 6. The topological polar surface area (TPSA) is 44.9 Å². The Balaban J connectivity index is 0.00000432. The van der Waals surface area contributed by atoms with Crippen molar-refractivity contribution in [1.29, 1.82) is 0 Å². The quantitative estimate of drug-likeness (QED) is 0.128. The minimum absolute atomic E-state index is 0. The molecule has 0 unspecified atom stereocenters. The van der Waals surface area contributed by atoms with Crippen LogP contribution in [-0.4, -0.2) is 19.3 Å². The van der Waals surface area contributed by atoms with Crippen LogP contribution in [-0.2, 0) is 38.8 Å². The van der Waals surface area contributed by atoms with Crippen molar-refractivity contribution >= 4 is 21.8 Å². The van der Waals surface area contributed by atoms with E-state index in [4.69, 9.17) is 4.74 Å². The predicted octanol–water partition coefficient (Wildman–Crippen LogP) is 10.8. The normalized spacial score (nSPS) is 12.3. The van der Waals surface area contributed by atoms with Crippen molar-refractivity contribution in [2.24, 2.45) is 0 Å². The smallest absolute Gasteiger partial charge is 0.509 e. The molecule has 0 aliphatic rings. The van der Waals surface area contributed by atoms with Crippen molar-refractivity contribution in [2.75, 3.05) is 0 Å². The SMILES string of the molecule is CC(C)(C)c1ccnc(-n2c3[c-]c(Oc4[c-]c(-n5cc(-c6c(C(F)(F)F)cccc6C(F)(F)F)cn5)ccc4)ccc3c3ccccc32)c1.[Pt+2]. The Morgan fingerprint density at radius 1 is 0.720 bits per heavy atom. The second kappa shape index (κ2) is 12.8. The molecule has 50 heavy (non-hydrogen) atoms. The zero-order valence-electron chi connectivity index (χ0n) is 26.6. The van der Waals surface area contributed by atoms with Gasteiger partial charge < -0.3 is 9.30 Å². The Bertz CT molecular complexity index is 2320. The van der Waals surface area contributed by atoms with Crippen molar-refractivity contribution < 1.29 is 52.1 Å². The van der Waals surface area contributed by atoms with Crippen LogP contribution in [0.1, 0.15) is 37.5 Å². The van der Waals surface area contributed by atoms with Crippen LogP contribution in [0.5, 0.6) is 11.5 Å². The Labute approximate surface area is 297 Å². The number of fused-ring (bicyclic) bond motifs is 3. The van der Waals surface area contributed by atoms with Gasteiger partial charge in [0.1, 0.15) is 5.82 Å². The molecule has 0 aliphatic carbocycles. The number of aromatic nitrogens is 4. The fourth-order valence-electron chi connectivity index (χ4n) is 5.85. The number of hydrogen-bond acceptors (Lipinski definition) is 3. The first-order chi connectivity index (χ1) is 23.2. The first-order valence-electron chi connectivity index (χ1n) is 15.1. The van der Waals surface area contributed by atoms with Gasteiger partial charge in [-0.05, 0) is 52.4 Å². The first kappa shape index (κ1) is 35.0. The number of para-hydroxylation sites is 1. The van der Waals surface area contributed by atoms with Gasteiger partial charge in [0, 0.05) is 40.5 Å². The summed E-state index contributed by atoms with van der Waals surface area (Å²) in [5.41, 5.74) is -1.26. The minimum Gasteiger partial charge on any atom is -0.509 e. The third-order valence-corrected chi connectivity index (χ3v) is 8.16. The zero-order valence-corrected chi connectivity index (χ0v) is 28.9. The van der Waals surface area contributed by atoms with Gasteiger partial charge in [0.05, 0.1) is 17.3 Å². The summed E-state index contributed by atoms with van der Waals surface area (Å²) in [4.78, 5) is 4.68. The largest absolute Gasteiger partial charge is 2.00 e. The molecule has 7 aromatic rings. The average molecular weight is 864 g/mol. The van der Waals surface area contributed by atoms with E-state index in [1.54, 1.807) is 30.5 Å². The fourth-order valence-corrected chi connectivity index (χ4v) is 5.85. The van der Waals surface area contributed by atoms with Crippen LogP contribution in [0.2, 0.25) is 0 Å². The van der Waals surface area contributed by atoms with Gasteiger partial charge in [-0.2, -0.15) is 43.6 Å². The maximum absolute atomic E-state index is 13.8. The van der Waals surface area contributed by atoms with E-state index in [2.05, 4.69) is 43.0 Å². The summed E-state index contributed by atoms with van der Waals surface area (Å²) in [6.45, 7) is 6.39. The minimum atomic E-state index is -5.02. The standard InChI is InChI=1S/C38H26F6N4O.Pt/c1-36(2,3)24-16-17-45-34(18-24)48-32-13-5-4-10-28(32)29-15-14-27(20-33(29)48)49-26-9-6-8-25(19-26)47-22-23(21-46-47)35-30(37(39,40)41)11-7-12-31(35)38(42,43)44;/h4-18,21-22H,1-3H3;/q-2;+2. The molecule has 0 amide bonds. The van der Waals surface area contributed by atoms with E-state index in [0.29, 0.717) is 17.9 Å². The second-order valence-electron chi connectivity index (χ2n) is 12.5. The van der Waals surface area contributed by atoms with Gasteiger partial charge in [0.15, 0.2) is 0 Å². The molecule has 0 fully saturated rings. The predicted molar refractivity (Wildman–Crippen MR) is 174 cm³/mol. The van der Waals surface area contributed by atoms with E-state index in [1.165, 1.54) is 0 Å². The third kappa shape index (κ3) is 6.54. The van der Waals surface area contributed by atoms with Crippen LogP contribution in [0.25, 0.3) is 44.4 Å². The summed E-state index contributed by atoms with van der Waals surface area (Å²) in [6, 6.07) is 28.8. The first-order valence-corrected chi connectivity index (χ1v) is 15.1. The summed E-state index contributed by atoms with van der Waals surface area (Å²) in [5.74, 6) is 1.30. The molecule has 12 heteroatoms. The summed E-state index contributed by atoms with van der Waals surface area (Å²) >= 11 is 0. The second-order valence-corrected chi connectivity index (χ2v) is 12.5. The monoisotopic (exact) mass is 863 g/mol. The molecule has 3 aromatic heterocycles. The van der Waals surface area contributed by atoms with E-state index in [1.807, 2.05) is 47.0 Å². The number of benzene rings is 4. The average Bonchev–Trinajstić information content (AvgIpc) is 3.67. The molecular weight excluding hydrogens is 838 g/mol. The van der Waals surface area contributed by atoms with Crippen molar-refractivity contribution in [2.45, 2.75) is 38.5 Å². The number of rotatable bonds is 5. The van der Waals surface area contributed by atoms with E-state index < -0.39 is 29.0 Å². The van der Waals surface area contributed by atoms with Crippen LogP contribution >= 0.6 is 0 Å².